The van der Waals surface area contributed by atoms with Crippen molar-refractivity contribution in [2.24, 2.45) is 0 Å². The molecule has 0 radical (unpaired) electrons. The fraction of sp³-hybridized carbons (Fsp3) is 0.538. The van der Waals surface area contributed by atoms with Crippen LogP contribution in [0, 0.1) is 5.82 Å². The number of fused-ring (bicyclic) bond motifs is 1. The highest BCUT2D eigenvalue weighted by Gasteiger charge is 2.42. The topological polar surface area (TPSA) is 72.6 Å². The molecule has 0 bridgehead atoms. The van der Waals surface area contributed by atoms with Crippen LogP contribution in [0.25, 0.3) is 0 Å². The summed E-state index contributed by atoms with van der Waals surface area (Å²) in [5, 5.41) is 0. The zero-order valence-corrected chi connectivity index (χ0v) is 11.8. The normalized spacial score (nSPS) is 27.4. The third-order valence-corrected chi connectivity index (χ3v) is 5.93. The number of anilines is 1. The summed E-state index contributed by atoms with van der Waals surface area (Å²) >= 11 is 0. The third-order valence-electron chi connectivity index (χ3n) is 4.01. The Bertz CT molecular complexity index is 620. The maximum absolute atomic E-state index is 13.5. The van der Waals surface area contributed by atoms with Crippen molar-refractivity contribution in [1.29, 1.82) is 0 Å². The third kappa shape index (κ3) is 2.19. The molecule has 20 heavy (non-hydrogen) atoms. The van der Waals surface area contributed by atoms with Crippen LogP contribution in [-0.4, -0.2) is 38.0 Å². The summed E-state index contributed by atoms with van der Waals surface area (Å²) in [5.41, 5.74) is 5.34. The molecule has 1 saturated carbocycles. The van der Waals surface area contributed by atoms with Gasteiger partial charge in [-0.3, -0.25) is 0 Å². The first kappa shape index (κ1) is 13.8. The number of halogens is 1. The summed E-state index contributed by atoms with van der Waals surface area (Å²) in [4.78, 5) is -0.0447. The number of sulfonamides is 1. The Hall–Kier alpha value is -1.18. The minimum atomic E-state index is -3.70. The van der Waals surface area contributed by atoms with Gasteiger partial charge < -0.3 is 10.5 Å². The van der Waals surface area contributed by atoms with E-state index in [2.05, 4.69) is 0 Å². The molecule has 2 N–H and O–H groups in total. The highest BCUT2D eigenvalue weighted by atomic mass is 32.2. The Morgan fingerprint density at radius 2 is 2.15 bits per heavy atom. The fourth-order valence-corrected chi connectivity index (χ4v) is 4.67. The minimum Gasteiger partial charge on any atom is -0.396 e. The summed E-state index contributed by atoms with van der Waals surface area (Å²) in [6.07, 6.45) is 2.60. The number of nitrogens with two attached hydrogens (primary N) is 1. The van der Waals surface area contributed by atoms with Crippen molar-refractivity contribution in [2.45, 2.75) is 36.3 Å². The van der Waals surface area contributed by atoms with E-state index in [9.17, 15) is 12.8 Å². The average Bonchev–Trinajstić information content (AvgIpc) is 2.89. The van der Waals surface area contributed by atoms with Crippen molar-refractivity contribution in [1.82, 2.24) is 4.31 Å². The van der Waals surface area contributed by atoms with Crippen LogP contribution in [-0.2, 0) is 14.8 Å². The molecule has 0 amide bonds. The fourth-order valence-electron chi connectivity index (χ4n) is 2.99. The molecule has 0 aromatic heterocycles. The first-order chi connectivity index (χ1) is 9.50. The SMILES string of the molecule is Nc1ccc(S(=O)(=O)N2CCOC3CCCC32)cc1F. The van der Waals surface area contributed by atoms with Gasteiger partial charge in [-0.05, 0) is 37.5 Å². The molecule has 1 aliphatic carbocycles. The highest BCUT2D eigenvalue weighted by Crippen LogP contribution is 2.33. The van der Waals surface area contributed by atoms with Gasteiger partial charge in [0.25, 0.3) is 0 Å². The number of rotatable bonds is 2. The van der Waals surface area contributed by atoms with Gasteiger partial charge in [-0.1, -0.05) is 0 Å². The van der Waals surface area contributed by atoms with Crippen molar-refractivity contribution < 1.29 is 17.5 Å². The van der Waals surface area contributed by atoms with Gasteiger partial charge in [0, 0.05) is 6.54 Å². The highest BCUT2D eigenvalue weighted by molar-refractivity contribution is 7.89. The van der Waals surface area contributed by atoms with E-state index in [1.165, 1.54) is 16.4 Å². The van der Waals surface area contributed by atoms with Gasteiger partial charge >= 0.3 is 0 Å². The van der Waals surface area contributed by atoms with Gasteiger partial charge in [0.15, 0.2) is 0 Å². The molecule has 2 fully saturated rings. The lowest BCUT2D eigenvalue weighted by Gasteiger charge is -2.36. The van der Waals surface area contributed by atoms with E-state index in [4.69, 9.17) is 10.5 Å². The maximum atomic E-state index is 13.5. The van der Waals surface area contributed by atoms with Crippen LogP contribution in [0.5, 0.6) is 0 Å². The zero-order valence-electron chi connectivity index (χ0n) is 11.0. The number of nitrogen functional groups attached to an aromatic ring is 1. The van der Waals surface area contributed by atoms with E-state index >= 15 is 0 Å². The zero-order chi connectivity index (χ0) is 14.3. The number of ether oxygens (including phenoxy) is 1. The number of nitrogens with zero attached hydrogens (tertiary/aromatic N) is 1. The molecule has 1 aromatic rings. The van der Waals surface area contributed by atoms with Gasteiger partial charge in [-0.25, -0.2) is 12.8 Å². The summed E-state index contributed by atoms with van der Waals surface area (Å²) in [6, 6.07) is 3.50. The van der Waals surface area contributed by atoms with Crippen molar-refractivity contribution in [3.05, 3.63) is 24.0 Å². The lowest BCUT2D eigenvalue weighted by atomic mass is 10.2. The number of hydrogen-bond donors (Lipinski definition) is 1. The predicted octanol–water partition coefficient (Wildman–Crippen LogP) is 1.35. The quantitative estimate of drug-likeness (QED) is 0.837. The molecule has 1 heterocycles. The smallest absolute Gasteiger partial charge is 0.243 e. The lowest BCUT2D eigenvalue weighted by Crippen LogP contribution is -2.51. The van der Waals surface area contributed by atoms with E-state index in [-0.39, 0.29) is 22.7 Å². The van der Waals surface area contributed by atoms with Crippen LogP contribution in [0.1, 0.15) is 19.3 Å². The van der Waals surface area contributed by atoms with Crippen molar-refractivity contribution >= 4 is 15.7 Å². The van der Waals surface area contributed by atoms with Crippen LogP contribution in [0.15, 0.2) is 23.1 Å². The van der Waals surface area contributed by atoms with Gasteiger partial charge in [-0.2, -0.15) is 4.31 Å². The number of morpholine rings is 1. The molecular formula is C13H17FN2O3S. The first-order valence-corrected chi connectivity index (χ1v) is 8.12. The first-order valence-electron chi connectivity index (χ1n) is 6.68. The lowest BCUT2D eigenvalue weighted by molar-refractivity contribution is -0.0241. The Kier molecular flexibility index (Phi) is 3.43. The predicted molar refractivity (Wildman–Crippen MR) is 72.1 cm³/mol. The maximum Gasteiger partial charge on any atom is 0.243 e. The Labute approximate surface area is 117 Å². The second-order valence-corrected chi connectivity index (χ2v) is 7.10. The average molecular weight is 300 g/mol. The van der Waals surface area contributed by atoms with Crippen LogP contribution in [0.4, 0.5) is 10.1 Å². The monoisotopic (exact) mass is 300 g/mol. The van der Waals surface area contributed by atoms with E-state index in [0.717, 1.165) is 25.3 Å². The molecule has 2 atom stereocenters. The Balaban J connectivity index is 1.96. The molecule has 2 unspecified atom stereocenters. The van der Waals surface area contributed by atoms with Crippen LogP contribution in [0.2, 0.25) is 0 Å². The minimum absolute atomic E-state index is 0.0304. The summed E-state index contributed by atoms with van der Waals surface area (Å²) in [6.45, 7) is 0.702. The van der Waals surface area contributed by atoms with E-state index in [1.807, 2.05) is 0 Å². The Morgan fingerprint density at radius 3 is 2.90 bits per heavy atom. The van der Waals surface area contributed by atoms with Gasteiger partial charge in [0.05, 0.1) is 29.3 Å². The number of hydrogen-bond acceptors (Lipinski definition) is 4. The molecule has 7 heteroatoms. The summed E-state index contributed by atoms with van der Waals surface area (Å²) < 4.78 is 45.9. The van der Waals surface area contributed by atoms with E-state index in [0.29, 0.717) is 13.2 Å². The summed E-state index contributed by atoms with van der Waals surface area (Å²) in [5.74, 6) is -0.706. The number of benzene rings is 1. The van der Waals surface area contributed by atoms with Crippen LogP contribution >= 0.6 is 0 Å². The largest absolute Gasteiger partial charge is 0.396 e. The molecule has 0 spiro atoms. The Morgan fingerprint density at radius 1 is 1.35 bits per heavy atom. The molecule has 5 nitrogen and oxygen atoms in total. The molecule has 110 valence electrons. The van der Waals surface area contributed by atoms with Crippen molar-refractivity contribution in [3.8, 4) is 0 Å². The van der Waals surface area contributed by atoms with Gasteiger partial charge in [0.1, 0.15) is 5.82 Å². The van der Waals surface area contributed by atoms with Crippen LogP contribution < -0.4 is 5.73 Å². The van der Waals surface area contributed by atoms with E-state index in [1.54, 1.807) is 0 Å². The second-order valence-electron chi connectivity index (χ2n) is 5.21. The molecule has 1 aromatic carbocycles. The van der Waals surface area contributed by atoms with Gasteiger partial charge in [-0.15, -0.1) is 0 Å². The molecule has 1 aliphatic heterocycles. The van der Waals surface area contributed by atoms with Gasteiger partial charge in [0.2, 0.25) is 10.0 Å². The van der Waals surface area contributed by atoms with Crippen molar-refractivity contribution in [3.63, 3.8) is 0 Å². The molecule has 3 rings (SSSR count). The second kappa shape index (κ2) is 4.98. The van der Waals surface area contributed by atoms with E-state index < -0.39 is 15.8 Å². The molecular weight excluding hydrogens is 283 g/mol. The standard InChI is InChI=1S/C13H17FN2O3S/c14-10-8-9(4-5-11(10)15)20(17,18)16-6-7-19-13-3-1-2-12(13)16/h4-5,8,12-13H,1-3,6-7,15H2. The molecule has 1 saturated heterocycles. The summed E-state index contributed by atoms with van der Waals surface area (Å²) in [7, 11) is -3.70. The molecule has 2 aliphatic rings. The van der Waals surface area contributed by atoms with Crippen LogP contribution in [0.3, 0.4) is 0 Å². The van der Waals surface area contributed by atoms with Crippen molar-refractivity contribution in [2.75, 3.05) is 18.9 Å².